The van der Waals surface area contributed by atoms with Crippen molar-refractivity contribution in [1.29, 1.82) is 0 Å². The summed E-state index contributed by atoms with van der Waals surface area (Å²) in [6.07, 6.45) is 0. The van der Waals surface area contributed by atoms with Crippen LogP contribution in [0.4, 0.5) is 11.4 Å². The minimum absolute atomic E-state index is 0.00709. The highest BCUT2D eigenvalue weighted by atomic mass is 32.2. The Morgan fingerprint density at radius 1 is 0.727 bits per heavy atom. The van der Waals surface area contributed by atoms with E-state index in [1.54, 1.807) is 36.0 Å². The zero-order valence-electron chi connectivity index (χ0n) is 24.0. The molecule has 0 aliphatic carbocycles. The lowest BCUT2D eigenvalue weighted by Crippen LogP contribution is -2.34. The number of thioether (sulfide) groups is 2. The van der Waals surface area contributed by atoms with Crippen LogP contribution >= 0.6 is 23.5 Å². The Bertz CT molecular complexity index is 1880. The van der Waals surface area contributed by atoms with E-state index in [0.717, 1.165) is 22.3 Å². The predicted octanol–water partition coefficient (Wildman–Crippen LogP) is 8.81. The van der Waals surface area contributed by atoms with E-state index in [1.165, 1.54) is 35.0 Å². The van der Waals surface area contributed by atoms with Gasteiger partial charge < -0.3 is 0 Å². The summed E-state index contributed by atoms with van der Waals surface area (Å²) in [6.45, 7) is 4.16. The molecular weight excluding hydrogens is 587 g/mol. The molecule has 2 heterocycles. The number of ketones is 1. The lowest BCUT2D eigenvalue weighted by atomic mass is 9.81. The molecule has 216 valence electrons. The lowest BCUT2D eigenvalue weighted by molar-refractivity contribution is -0.384. The van der Waals surface area contributed by atoms with Gasteiger partial charge in [0.05, 0.1) is 15.4 Å². The fourth-order valence-corrected chi connectivity index (χ4v) is 9.51. The van der Waals surface area contributed by atoms with Crippen molar-refractivity contribution in [2.24, 2.45) is 5.10 Å². The average molecular weight is 614 g/mol. The number of fused-ring (bicyclic) bond motifs is 2. The maximum absolute atomic E-state index is 13.9. The second-order valence-corrected chi connectivity index (χ2v) is 13.8. The van der Waals surface area contributed by atoms with Crippen molar-refractivity contribution in [3.05, 3.63) is 176 Å². The van der Waals surface area contributed by atoms with Gasteiger partial charge in [-0.25, -0.2) is 5.01 Å². The molecule has 2 aliphatic rings. The normalized spacial score (nSPS) is 18.2. The first kappa shape index (κ1) is 28.1. The largest absolute Gasteiger partial charge is 0.286 e. The summed E-state index contributed by atoms with van der Waals surface area (Å²) < 4.78 is -1.52. The van der Waals surface area contributed by atoms with Crippen molar-refractivity contribution in [2.45, 2.75) is 22.8 Å². The second-order valence-electron chi connectivity index (χ2n) is 10.9. The molecule has 0 bridgehead atoms. The average Bonchev–Trinajstić information content (AvgIpc) is 3.58. The van der Waals surface area contributed by atoms with E-state index < -0.39 is 13.9 Å². The summed E-state index contributed by atoms with van der Waals surface area (Å²) in [6, 6.07) is 41.2. The van der Waals surface area contributed by atoms with Gasteiger partial charge in [-0.2, -0.15) is 5.10 Å². The monoisotopic (exact) mass is 613 g/mol. The number of hydrogen-bond donors (Lipinski definition) is 0. The van der Waals surface area contributed by atoms with Gasteiger partial charge in [0.1, 0.15) is 0 Å². The van der Waals surface area contributed by atoms with Crippen molar-refractivity contribution in [2.75, 3.05) is 5.01 Å². The molecule has 0 amide bonds. The highest BCUT2D eigenvalue weighted by molar-refractivity contribution is 8.27. The Morgan fingerprint density at radius 2 is 1.27 bits per heavy atom. The van der Waals surface area contributed by atoms with Gasteiger partial charge in [0, 0.05) is 23.3 Å². The Hall–Kier alpha value is -4.66. The maximum atomic E-state index is 13.9. The molecule has 0 saturated heterocycles. The number of carbonyl (C=O) groups is 1. The molecular formula is C36H27N3O3S2. The molecule has 0 aromatic heterocycles. The zero-order valence-corrected chi connectivity index (χ0v) is 25.6. The number of hydrogen-bond acceptors (Lipinski definition) is 7. The number of non-ortho nitro benzene ring substituents is 1. The Morgan fingerprint density at radius 3 is 1.84 bits per heavy atom. The summed E-state index contributed by atoms with van der Waals surface area (Å²) in [5.74, 6) is -0.166. The van der Waals surface area contributed by atoms with Gasteiger partial charge in [-0.15, -0.1) is 0 Å². The molecule has 1 spiro atoms. The Labute approximate surface area is 264 Å². The maximum Gasteiger partial charge on any atom is 0.269 e. The molecule has 44 heavy (non-hydrogen) atoms. The van der Waals surface area contributed by atoms with Crippen LogP contribution in [0.5, 0.6) is 0 Å². The molecule has 0 radical (unpaired) electrons. The summed E-state index contributed by atoms with van der Waals surface area (Å²) in [4.78, 5) is 25.0. The smallest absolute Gasteiger partial charge is 0.269 e. The highest BCUT2D eigenvalue weighted by Gasteiger charge is 2.61. The molecule has 1 atom stereocenters. The summed E-state index contributed by atoms with van der Waals surface area (Å²) >= 11 is 3.17. The predicted molar refractivity (Wildman–Crippen MR) is 179 cm³/mol. The minimum Gasteiger partial charge on any atom is -0.286 e. The van der Waals surface area contributed by atoms with Crippen LogP contribution < -0.4 is 5.01 Å². The van der Waals surface area contributed by atoms with Crippen LogP contribution in [0.2, 0.25) is 0 Å². The summed E-state index contributed by atoms with van der Waals surface area (Å²) in [7, 11) is 0. The molecule has 7 rings (SSSR count). The van der Waals surface area contributed by atoms with E-state index in [9.17, 15) is 14.9 Å². The van der Waals surface area contributed by atoms with Crippen LogP contribution in [0.1, 0.15) is 43.7 Å². The molecule has 8 heteroatoms. The van der Waals surface area contributed by atoms with Gasteiger partial charge >= 0.3 is 0 Å². The first-order chi connectivity index (χ1) is 21.3. The van der Waals surface area contributed by atoms with Crippen LogP contribution in [0, 0.1) is 24.0 Å². The third kappa shape index (κ3) is 4.44. The van der Waals surface area contributed by atoms with Crippen molar-refractivity contribution < 1.29 is 9.72 Å². The van der Waals surface area contributed by atoms with E-state index in [1.807, 2.05) is 29.3 Å². The number of Topliss-reactive ketones (excluding diaryl/α,β-unsaturated/α-hetero) is 1. The van der Waals surface area contributed by atoms with E-state index in [-0.39, 0.29) is 11.5 Å². The highest BCUT2D eigenvalue weighted by Crippen LogP contribution is 2.71. The quantitative estimate of drug-likeness (QED) is 0.108. The van der Waals surface area contributed by atoms with Crippen LogP contribution in [0.25, 0.3) is 0 Å². The van der Waals surface area contributed by atoms with Crippen LogP contribution in [-0.2, 0) is 8.95 Å². The van der Waals surface area contributed by atoms with Gasteiger partial charge in [-0.3, -0.25) is 14.9 Å². The molecule has 0 unspecified atom stereocenters. The molecule has 5 aromatic rings. The third-order valence-corrected chi connectivity index (χ3v) is 11.4. The van der Waals surface area contributed by atoms with E-state index >= 15 is 0 Å². The number of rotatable bonds is 6. The van der Waals surface area contributed by atoms with E-state index in [2.05, 4.69) is 80.6 Å². The molecule has 0 N–H and O–H groups in total. The number of carbonyl (C=O) groups excluding carboxylic acids is 1. The van der Waals surface area contributed by atoms with Crippen molar-refractivity contribution >= 4 is 45.7 Å². The number of benzene rings is 5. The van der Waals surface area contributed by atoms with Gasteiger partial charge in [-0.05, 0) is 42.7 Å². The van der Waals surface area contributed by atoms with Gasteiger partial charge in [0.15, 0.2) is 9.25 Å². The van der Waals surface area contributed by atoms with Gasteiger partial charge in [-0.1, -0.05) is 138 Å². The van der Waals surface area contributed by atoms with Crippen LogP contribution in [0.3, 0.4) is 0 Å². The number of hydrazone groups is 1. The first-order valence-corrected chi connectivity index (χ1v) is 15.8. The third-order valence-electron chi connectivity index (χ3n) is 8.09. The van der Waals surface area contributed by atoms with E-state index in [0.29, 0.717) is 16.3 Å². The SMILES string of the molecule is Cc1ccc(C2(c3ccc(C)cc3)S[C@]3(SC(C(=O)c4ccccc4)=NN3c3ccc([N+](=O)[O-])cc3)c3ccccc32)cc1. The molecule has 0 fully saturated rings. The molecule has 5 aromatic carbocycles. The number of anilines is 1. The number of nitrogens with zero attached hydrogens (tertiary/aromatic N) is 3. The van der Waals surface area contributed by atoms with Crippen LogP contribution in [0.15, 0.2) is 132 Å². The molecule has 0 saturated carbocycles. The standard InChI is InChI=1S/C36H27N3O3S2/c1-24-12-16-27(17-13-24)35(28-18-14-25(2)15-19-28)31-10-6-7-11-32(31)36(44-35)38(29-20-22-30(23-21-29)39(41)42)37-34(43-36)33(40)26-8-4-3-5-9-26/h3-23H,1-2H3/t36-/m1/s1. The minimum atomic E-state index is -0.887. The van der Waals surface area contributed by atoms with Crippen molar-refractivity contribution in [1.82, 2.24) is 0 Å². The summed E-state index contributed by atoms with van der Waals surface area (Å²) in [5.41, 5.74) is 7.91. The fourth-order valence-electron chi connectivity index (χ4n) is 5.89. The van der Waals surface area contributed by atoms with E-state index in [4.69, 9.17) is 5.10 Å². The number of nitro benzene ring substituents is 1. The van der Waals surface area contributed by atoms with Crippen LogP contribution in [-0.4, -0.2) is 15.8 Å². The zero-order chi connectivity index (χ0) is 30.5. The second kappa shape index (κ2) is 10.8. The first-order valence-electron chi connectivity index (χ1n) is 14.2. The Balaban J connectivity index is 1.47. The van der Waals surface area contributed by atoms with Gasteiger partial charge in [0.2, 0.25) is 5.78 Å². The topological polar surface area (TPSA) is 75.8 Å². The van der Waals surface area contributed by atoms with Crippen molar-refractivity contribution in [3.8, 4) is 0 Å². The number of aryl methyl sites for hydroxylation is 2. The summed E-state index contributed by atoms with van der Waals surface area (Å²) in [5, 5.41) is 18.7. The fraction of sp³-hybridized carbons (Fsp3) is 0.111. The number of nitro groups is 1. The molecule has 6 nitrogen and oxygen atoms in total. The van der Waals surface area contributed by atoms with Gasteiger partial charge in [0.25, 0.3) is 5.69 Å². The van der Waals surface area contributed by atoms with Crippen molar-refractivity contribution in [3.63, 3.8) is 0 Å². The molecule has 2 aliphatic heterocycles. The Kier molecular flexibility index (Phi) is 6.91. The lowest BCUT2D eigenvalue weighted by Gasteiger charge is -2.37.